The highest BCUT2D eigenvalue weighted by Gasteiger charge is 2.31. The molecular formula is C30H36N2O3. The number of nitrogens with one attached hydrogen (secondary N) is 1. The van der Waals surface area contributed by atoms with Crippen molar-refractivity contribution in [3.63, 3.8) is 0 Å². The Hall–Kier alpha value is -3.60. The summed E-state index contributed by atoms with van der Waals surface area (Å²) in [6, 6.07) is 24.8. The van der Waals surface area contributed by atoms with Crippen molar-refractivity contribution in [1.82, 2.24) is 10.2 Å². The number of rotatable bonds is 11. The van der Waals surface area contributed by atoms with Gasteiger partial charge in [0.1, 0.15) is 11.8 Å². The van der Waals surface area contributed by atoms with E-state index in [-0.39, 0.29) is 24.5 Å². The van der Waals surface area contributed by atoms with Gasteiger partial charge >= 0.3 is 0 Å². The van der Waals surface area contributed by atoms with Crippen LogP contribution < -0.4 is 10.1 Å². The van der Waals surface area contributed by atoms with E-state index in [0.717, 1.165) is 28.7 Å². The largest absolute Gasteiger partial charge is 0.484 e. The highest BCUT2D eigenvalue weighted by molar-refractivity contribution is 5.88. The van der Waals surface area contributed by atoms with Crippen LogP contribution in [0.5, 0.6) is 5.75 Å². The van der Waals surface area contributed by atoms with Crippen LogP contribution in [0.15, 0.2) is 78.9 Å². The molecule has 3 aromatic carbocycles. The van der Waals surface area contributed by atoms with Crippen molar-refractivity contribution in [3.8, 4) is 5.75 Å². The number of hydrogen-bond acceptors (Lipinski definition) is 3. The lowest BCUT2D eigenvalue weighted by atomic mass is 10.0. The number of carbonyl (C=O) groups is 2. The van der Waals surface area contributed by atoms with E-state index in [1.165, 1.54) is 0 Å². The van der Waals surface area contributed by atoms with Crippen LogP contribution in [0.3, 0.4) is 0 Å². The molecule has 0 fully saturated rings. The third kappa shape index (κ3) is 7.71. The number of para-hydroxylation sites is 1. The van der Waals surface area contributed by atoms with Gasteiger partial charge in [-0.25, -0.2) is 0 Å². The topological polar surface area (TPSA) is 58.6 Å². The minimum absolute atomic E-state index is 0.0138. The number of benzene rings is 3. The van der Waals surface area contributed by atoms with Gasteiger partial charge in [-0.3, -0.25) is 9.59 Å². The molecule has 1 N–H and O–H groups in total. The van der Waals surface area contributed by atoms with E-state index < -0.39 is 6.04 Å². The molecule has 0 bridgehead atoms. The zero-order chi connectivity index (χ0) is 25.2. The number of carbonyl (C=O) groups excluding carboxylic acids is 2. The molecule has 5 heteroatoms. The molecule has 3 aromatic rings. The van der Waals surface area contributed by atoms with Crippen molar-refractivity contribution in [2.24, 2.45) is 0 Å². The molecule has 0 saturated carbocycles. The van der Waals surface area contributed by atoms with Gasteiger partial charge in [-0.2, -0.15) is 0 Å². The smallest absolute Gasteiger partial charge is 0.261 e. The molecule has 0 heterocycles. The van der Waals surface area contributed by atoms with Crippen molar-refractivity contribution >= 4 is 11.8 Å². The molecule has 0 spiro atoms. The quantitative estimate of drug-likeness (QED) is 0.415. The van der Waals surface area contributed by atoms with E-state index in [9.17, 15) is 9.59 Å². The van der Waals surface area contributed by atoms with Gasteiger partial charge in [0.25, 0.3) is 5.91 Å². The van der Waals surface area contributed by atoms with Gasteiger partial charge in [-0.1, -0.05) is 85.3 Å². The Morgan fingerprint density at radius 1 is 0.914 bits per heavy atom. The summed E-state index contributed by atoms with van der Waals surface area (Å²) in [6.07, 6.45) is 1.23. The zero-order valence-corrected chi connectivity index (χ0v) is 21.2. The molecule has 0 aliphatic carbocycles. The van der Waals surface area contributed by atoms with Crippen LogP contribution in [-0.2, 0) is 22.6 Å². The molecule has 184 valence electrons. The minimum Gasteiger partial charge on any atom is -0.484 e. The van der Waals surface area contributed by atoms with Gasteiger partial charge in [0.05, 0.1) is 0 Å². The molecule has 3 rings (SSSR count). The lowest BCUT2D eigenvalue weighted by Crippen LogP contribution is -2.53. The molecular weight excluding hydrogens is 436 g/mol. The monoisotopic (exact) mass is 472 g/mol. The van der Waals surface area contributed by atoms with Gasteiger partial charge in [0.15, 0.2) is 6.61 Å². The Bertz CT molecular complexity index is 1110. The summed E-state index contributed by atoms with van der Waals surface area (Å²) in [5.41, 5.74) is 4.04. The Labute approximate surface area is 209 Å². The molecule has 0 radical (unpaired) electrons. The van der Waals surface area contributed by atoms with Crippen LogP contribution in [0.25, 0.3) is 0 Å². The Kier molecular flexibility index (Phi) is 9.47. The van der Waals surface area contributed by atoms with Gasteiger partial charge < -0.3 is 15.0 Å². The van der Waals surface area contributed by atoms with Crippen LogP contribution in [0.4, 0.5) is 0 Å². The summed E-state index contributed by atoms with van der Waals surface area (Å²) in [7, 11) is 0. The summed E-state index contributed by atoms with van der Waals surface area (Å²) >= 11 is 0. The van der Waals surface area contributed by atoms with Crippen molar-refractivity contribution in [2.45, 2.75) is 59.2 Å². The van der Waals surface area contributed by atoms with Crippen molar-refractivity contribution in [1.29, 1.82) is 0 Å². The Balaban J connectivity index is 1.92. The molecule has 0 aliphatic rings. The maximum atomic E-state index is 13.6. The Morgan fingerprint density at radius 3 is 2.29 bits per heavy atom. The fourth-order valence-corrected chi connectivity index (χ4v) is 3.94. The first-order chi connectivity index (χ1) is 16.9. The van der Waals surface area contributed by atoms with Crippen molar-refractivity contribution in [3.05, 3.63) is 101 Å². The predicted octanol–water partition coefficient (Wildman–Crippen LogP) is 5.24. The predicted molar refractivity (Wildman–Crippen MR) is 140 cm³/mol. The second kappa shape index (κ2) is 12.7. The summed E-state index contributed by atoms with van der Waals surface area (Å²) < 4.78 is 5.90. The number of hydrogen-bond donors (Lipinski definition) is 1. The number of aryl methyl sites for hydroxylation is 2. The van der Waals surface area contributed by atoms with Gasteiger partial charge in [0.2, 0.25) is 5.91 Å². The molecule has 0 aliphatic heterocycles. The lowest BCUT2D eigenvalue weighted by molar-refractivity contribution is -0.143. The highest BCUT2D eigenvalue weighted by Crippen LogP contribution is 2.19. The van der Waals surface area contributed by atoms with Gasteiger partial charge in [-0.05, 0) is 49.9 Å². The van der Waals surface area contributed by atoms with E-state index in [0.29, 0.717) is 18.7 Å². The van der Waals surface area contributed by atoms with Crippen molar-refractivity contribution in [2.75, 3.05) is 6.61 Å². The standard InChI is InChI=1S/C30H36N2O3/c1-5-24(4)31-30(34)27(19-25-14-7-6-8-15-25)32(20-26-16-11-12-22(2)18-26)29(33)21-35-28-17-10-9-13-23(28)3/h6-18,24,27H,5,19-21H2,1-4H3,(H,31,34)/t24-,27-/m1/s1. The molecule has 0 aromatic heterocycles. The van der Waals surface area contributed by atoms with Gasteiger partial charge in [0, 0.05) is 19.0 Å². The van der Waals surface area contributed by atoms with Crippen LogP contribution in [0.2, 0.25) is 0 Å². The third-order valence-corrected chi connectivity index (χ3v) is 6.15. The second-order valence-corrected chi connectivity index (χ2v) is 9.09. The maximum absolute atomic E-state index is 13.6. The first-order valence-electron chi connectivity index (χ1n) is 12.2. The van der Waals surface area contributed by atoms with E-state index in [4.69, 9.17) is 4.74 Å². The highest BCUT2D eigenvalue weighted by atomic mass is 16.5. The lowest BCUT2D eigenvalue weighted by Gasteiger charge is -2.32. The van der Waals surface area contributed by atoms with E-state index in [2.05, 4.69) is 11.4 Å². The molecule has 5 nitrogen and oxygen atoms in total. The van der Waals surface area contributed by atoms with E-state index in [1.54, 1.807) is 4.90 Å². The van der Waals surface area contributed by atoms with Crippen molar-refractivity contribution < 1.29 is 14.3 Å². The average Bonchev–Trinajstić information content (AvgIpc) is 2.86. The fourth-order valence-electron chi connectivity index (χ4n) is 3.94. The molecule has 2 amide bonds. The number of nitrogens with zero attached hydrogens (tertiary/aromatic N) is 1. The maximum Gasteiger partial charge on any atom is 0.261 e. The summed E-state index contributed by atoms with van der Waals surface area (Å²) in [4.78, 5) is 28.8. The summed E-state index contributed by atoms with van der Waals surface area (Å²) in [5.74, 6) is 0.287. The summed E-state index contributed by atoms with van der Waals surface area (Å²) in [6.45, 7) is 8.16. The third-order valence-electron chi connectivity index (χ3n) is 6.15. The molecule has 0 saturated heterocycles. The number of ether oxygens (including phenoxy) is 1. The Morgan fingerprint density at radius 2 is 1.60 bits per heavy atom. The zero-order valence-electron chi connectivity index (χ0n) is 21.2. The SMILES string of the molecule is CC[C@@H](C)NC(=O)[C@@H](Cc1ccccc1)N(Cc1cccc(C)c1)C(=O)COc1ccccc1C. The fraction of sp³-hybridized carbons (Fsp3) is 0.333. The van der Waals surface area contributed by atoms with Crippen LogP contribution in [0.1, 0.15) is 42.5 Å². The van der Waals surface area contributed by atoms with E-state index in [1.807, 2.05) is 100 Å². The van der Waals surface area contributed by atoms with Crippen LogP contribution in [-0.4, -0.2) is 35.4 Å². The van der Waals surface area contributed by atoms with Crippen LogP contribution >= 0.6 is 0 Å². The number of amides is 2. The first-order valence-corrected chi connectivity index (χ1v) is 12.2. The second-order valence-electron chi connectivity index (χ2n) is 9.09. The minimum atomic E-state index is -0.667. The average molecular weight is 473 g/mol. The summed E-state index contributed by atoms with van der Waals surface area (Å²) in [5, 5.41) is 3.09. The first kappa shape index (κ1) is 26.0. The molecule has 35 heavy (non-hydrogen) atoms. The molecule has 2 atom stereocenters. The normalized spacial score (nSPS) is 12.5. The van der Waals surface area contributed by atoms with Crippen LogP contribution in [0, 0.1) is 13.8 Å². The molecule has 0 unspecified atom stereocenters. The van der Waals surface area contributed by atoms with Gasteiger partial charge in [-0.15, -0.1) is 0 Å². The van der Waals surface area contributed by atoms with E-state index >= 15 is 0 Å².